The molecule has 7 nitrogen and oxygen atoms in total. The van der Waals surface area contributed by atoms with Crippen LogP contribution in [0, 0.1) is 11.6 Å². The molecule has 10 heteroatoms. The standard InChI is InChI=1S/C21H18F2N6OS/c22-15-4-3-5-16(23)14(15)12-29-13-18(25-26-29)20(30)27-8-10-28(11-9-27)21-24-17-6-1-2-7-19(17)31-21/h1-7,13H,8-12H2. The van der Waals surface area contributed by atoms with Gasteiger partial charge < -0.3 is 9.80 Å². The largest absolute Gasteiger partial charge is 0.345 e. The van der Waals surface area contributed by atoms with Crippen LogP contribution < -0.4 is 4.90 Å². The molecular weight excluding hydrogens is 422 g/mol. The first-order valence-electron chi connectivity index (χ1n) is 9.81. The van der Waals surface area contributed by atoms with E-state index < -0.39 is 11.6 Å². The van der Waals surface area contributed by atoms with Crippen molar-refractivity contribution in [3.05, 3.63) is 71.6 Å². The highest BCUT2D eigenvalue weighted by Gasteiger charge is 2.25. The number of aromatic nitrogens is 4. The van der Waals surface area contributed by atoms with Crippen LogP contribution in [0.5, 0.6) is 0 Å². The summed E-state index contributed by atoms with van der Waals surface area (Å²) >= 11 is 1.64. The first kappa shape index (κ1) is 19.6. The van der Waals surface area contributed by atoms with E-state index in [-0.39, 0.29) is 23.7 Å². The lowest BCUT2D eigenvalue weighted by Crippen LogP contribution is -2.48. The SMILES string of the molecule is O=C(c1cn(Cc2c(F)cccc2F)nn1)N1CCN(c2nc3ccccc3s2)CC1. The Bertz CT molecular complexity index is 1190. The van der Waals surface area contributed by atoms with Gasteiger partial charge in [0.15, 0.2) is 10.8 Å². The average Bonchev–Trinajstić information content (AvgIpc) is 3.43. The second-order valence-electron chi connectivity index (χ2n) is 7.24. The van der Waals surface area contributed by atoms with Crippen LogP contribution in [0.3, 0.4) is 0 Å². The minimum absolute atomic E-state index is 0.115. The number of anilines is 1. The molecule has 1 saturated heterocycles. The number of thiazole rings is 1. The summed E-state index contributed by atoms with van der Waals surface area (Å²) in [5, 5.41) is 8.72. The van der Waals surface area contributed by atoms with E-state index in [0.29, 0.717) is 26.2 Å². The Morgan fingerprint density at radius 3 is 2.48 bits per heavy atom. The second kappa shape index (κ2) is 8.03. The number of amides is 1. The fourth-order valence-corrected chi connectivity index (χ4v) is 4.59. The summed E-state index contributed by atoms with van der Waals surface area (Å²) in [6.45, 7) is 2.26. The third-order valence-corrected chi connectivity index (χ3v) is 6.36. The molecule has 1 fully saturated rings. The predicted octanol–water partition coefficient (Wildman–Crippen LogP) is 3.18. The molecule has 1 amide bonds. The fraction of sp³-hybridized carbons (Fsp3) is 0.238. The molecule has 2 aromatic heterocycles. The van der Waals surface area contributed by atoms with E-state index in [1.165, 1.54) is 29.1 Å². The maximum Gasteiger partial charge on any atom is 0.276 e. The molecule has 0 atom stereocenters. The third-order valence-electron chi connectivity index (χ3n) is 5.26. The minimum atomic E-state index is -0.658. The highest BCUT2D eigenvalue weighted by Crippen LogP contribution is 2.29. The minimum Gasteiger partial charge on any atom is -0.345 e. The maximum atomic E-state index is 13.9. The zero-order chi connectivity index (χ0) is 21.4. The molecule has 1 aliphatic heterocycles. The van der Waals surface area contributed by atoms with Crippen LogP contribution >= 0.6 is 11.3 Å². The van der Waals surface area contributed by atoms with Crippen molar-refractivity contribution < 1.29 is 13.6 Å². The Balaban J connectivity index is 1.23. The summed E-state index contributed by atoms with van der Waals surface area (Å²) in [7, 11) is 0. The summed E-state index contributed by atoms with van der Waals surface area (Å²) in [4.78, 5) is 21.4. The maximum absolute atomic E-state index is 13.9. The Hall–Kier alpha value is -3.40. The zero-order valence-corrected chi connectivity index (χ0v) is 17.2. The van der Waals surface area contributed by atoms with Crippen LogP contribution in [0.4, 0.5) is 13.9 Å². The molecule has 158 valence electrons. The van der Waals surface area contributed by atoms with Crippen LogP contribution in [-0.2, 0) is 6.54 Å². The van der Waals surface area contributed by atoms with Crippen molar-refractivity contribution in [2.24, 2.45) is 0 Å². The van der Waals surface area contributed by atoms with Gasteiger partial charge in [-0.15, -0.1) is 5.10 Å². The number of halogens is 2. The lowest BCUT2D eigenvalue weighted by atomic mass is 10.2. The van der Waals surface area contributed by atoms with Gasteiger partial charge in [0.25, 0.3) is 5.91 Å². The van der Waals surface area contributed by atoms with E-state index in [1.54, 1.807) is 16.2 Å². The topological polar surface area (TPSA) is 67.2 Å². The number of fused-ring (bicyclic) bond motifs is 1. The van der Waals surface area contributed by atoms with Crippen molar-refractivity contribution >= 4 is 32.6 Å². The zero-order valence-electron chi connectivity index (χ0n) is 16.4. The van der Waals surface area contributed by atoms with E-state index >= 15 is 0 Å². The molecule has 0 unspecified atom stereocenters. The van der Waals surface area contributed by atoms with Crippen molar-refractivity contribution in [1.82, 2.24) is 24.9 Å². The number of hydrogen-bond acceptors (Lipinski definition) is 6. The first-order valence-corrected chi connectivity index (χ1v) is 10.6. The molecule has 1 aliphatic rings. The third kappa shape index (κ3) is 3.86. The van der Waals surface area contributed by atoms with Gasteiger partial charge >= 0.3 is 0 Å². The number of piperazine rings is 1. The number of para-hydroxylation sites is 1. The molecule has 0 radical (unpaired) electrons. The molecule has 0 bridgehead atoms. The summed E-state index contributed by atoms with van der Waals surface area (Å²) in [5.74, 6) is -1.56. The number of carbonyl (C=O) groups excluding carboxylic acids is 1. The van der Waals surface area contributed by atoms with Gasteiger partial charge in [-0.25, -0.2) is 18.4 Å². The van der Waals surface area contributed by atoms with Crippen molar-refractivity contribution in [2.75, 3.05) is 31.1 Å². The summed E-state index contributed by atoms with van der Waals surface area (Å²) in [6.07, 6.45) is 1.42. The van der Waals surface area contributed by atoms with Gasteiger partial charge in [-0.2, -0.15) is 0 Å². The van der Waals surface area contributed by atoms with Crippen molar-refractivity contribution in [3.63, 3.8) is 0 Å². The van der Waals surface area contributed by atoms with E-state index in [2.05, 4.69) is 20.2 Å². The fourth-order valence-electron chi connectivity index (χ4n) is 3.58. The van der Waals surface area contributed by atoms with Gasteiger partial charge in [-0.1, -0.05) is 34.7 Å². The van der Waals surface area contributed by atoms with Crippen LogP contribution in [-0.4, -0.2) is 57.0 Å². The molecule has 0 saturated carbocycles. The summed E-state index contributed by atoms with van der Waals surface area (Å²) < 4.78 is 30.1. The Morgan fingerprint density at radius 1 is 1.00 bits per heavy atom. The average molecular weight is 440 g/mol. The number of hydrogen-bond donors (Lipinski definition) is 0. The van der Waals surface area contributed by atoms with Crippen molar-refractivity contribution in [3.8, 4) is 0 Å². The van der Waals surface area contributed by atoms with Crippen molar-refractivity contribution in [1.29, 1.82) is 0 Å². The van der Waals surface area contributed by atoms with Gasteiger partial charge in [-0.05, 0) is 24.3 Å². The Labute approximate surface area is 180 Å². The van der Waals surface area contributed by atoms with Crippen molar-refractivity contribution in [2.45, 2.75) is 6.54 Å². The van der Waals surface area contributed by atoms with Crippen LogP contribution in [0.15, 0.2) is 48.7 Å². The molecule has 2 aromatic carbocycles. The molecule has 0 N–H and O–H groups in total. The molecular formula is C21H18F2N6OS. The molecule has 3 heterocycles. The highest BCUT2D eigenvalue weighted by atomic mass is 32.1. The van der Waals surface area contributed by atoms with Gasteiger partial charge in [0.1, 0.15) is 11.6 Å². The van der Waals surface area contributed by atoms with E-state index in [9.17, 15) is 13.6 Å². The first-order chi connectivity index (χ1) is 15.1. The summed E-state index contributed by atoms with van der Waals surface area (Å²) in [5.41, 5.74) is 1.02. The van der Waals surface area contributed by atoms with E-state index in [4.69, 9.17) is 0 Å². The van der Waals surface area contributed by atoms with Crippen LogP contribution in [0.25, 0.3) is 10.2 Å². The molecule has 0 aliphatic carbocycles. The normalized spacial score (nSPS) is 14.4. The van der Waals surface area contributed by atoms with Gasteiger partial charge in [0, 0.05) is 31.7 Å². The lowest BCUT2D eigenvalue weighted by Gasteiger charge is -2.34. The number of rotatable bonds is 4. The molecule has 0 spiro atoms. The summed E-state index contributed by atoms with van der Waals surface area (Å²) in [6, 6.07) is 11.7. The Kier molecular flexibility index (Phi) is 5.06. The number of carbonyl (C=O) groups is 1. The predicted molar refractivity (Wildman–Crippen MR) is 113 cm³/mol. The Morgan fingerprint density at radius 2 is 1.74 bits per heavy atom. The molecule has 31 heavy (non-hydrogen) atoms. The van der Waals surface area contributed by atoms with E-state index in [1.807, 2.05) is 24.3 Å². The second-order valence-corrected chi connectivity index (χ2v) is 8.25. The number of benzene rings is 2. The van der Waals surface area contributed by atoms with Gasteiger partial charge in [-0.3, -0.25) is 4.79 Å². The van der Waals surface area contributed by atoms with Crippen LogP contribution in [0.1, 0.15) is 16.1 Å². The van der Waals surface area contributed by atoms with Gasteiger partial charge in [0.2, 0.25) is 0 Å². The van der Waals surface area contributed by atoms with Crippen LogP contribution in [0.2, 0.25) is 0 Å². The molecule has 5 rings (SSSR count). The lowest BCUT2D eigenvalue weighted by molar-refractivity contribution is 0.0740. The smallest absolute Gasteiger partial charge is 0.276 e. The number of nitrogens with zero attached hydrogens (tertiary/aromatic N) is 6. The molecule has 4 aromatic rings. The quantitative estimate of drug-likeness (QED) is 0.488. The monoisotopic (exact) mass is 440 g/mol. The van der Waals surface area contributed by atoms with Gasteiger partial charge in [0.05, 0.1) is 23.0 Å². The van der Waals surface area contributed by atoms with E-state index in [0.717, 1.165) is 15.3 Å². The highest BCUT2D eigenvalue weighted by molar-refractivity contribution is 7.22.